The molecule has 0 radical (unpaired) electrons. The van der Waals surface area contributed by atoms with E-state index in [1.807, 2.05) is 0 Å². The van der Waals surface area contributed by atoms with Gasteiger partial charge >= 0.3 is 12.2 Å². The summed E-state index contributed by atoms with van der Waals surface area (Å²) in [5.41, 5.74) is -1.43. The Balaban J connectivity index is 1.46. The normalized spacial score (nSPS) is 18.5. The van der Waals surface area contributed by atoms with Gasteiger partial charge in [0.1, 0.15) is 17.7 Å². The fraction of sp³-hybridized carbons (Fsp3) is 0.429. The minimum absolute atomic E-state index is 0.0828. The van der Waals surface area contributed by atoms with Crippen molar-refractivity contribution in [1.29, 1.82) is 0 Å². The highest BCUT2D eigenvalue weighted by Crippen LogP contribution is 2.30. The number of anilines is 2. The zero-order chi connectivity index (χ0) is 25.5. The predicted octanol–water partition coefficient (Wildman–Crippen LogP) is 2.76. The molecular formula is C21H23F4N7O3. The lowest BCUT2D eigenvalue weighted by molar-refractivity contribution is -0.138. The molecule has 0 saturated carbocycles. The summed E-state index contributed by atoms with van der Waals surface area (Å²) in [5, 5.41) is 2.19. The van der Waals surface area contributed by atoms with E-state index < -0.39 is 41.2 Å². The Morgan fingerprint density at radius 1 is 1.37 bits per heavy atom. The molecule has 2 unspecified atom stereocenters. The first-order chi connectivity index (χ1) is 16.5. The zero-order valence-corrected chi connectivity index (χ0v) is 19.1. The molecule has 1 aliphatic heterocycles. The molecule has 2 N–H and O–H groups in total. The van der Waals surface area contributed by atoms with Crippen molar-refractivity contribution in [1.82, 2.24) is 24.4 Å². The maximum atomic E-state index is 15.1. The molecule has 2 atom stereocenters. The second-order valence-corrected chi connectivity index (χ2v) is 8.20. The third-order valence-electron chi connectivity index (χ3n) is 5.95. The Morgan fingerprint density at radius 2 is 2.11 bits per heavy atom. The van der Waals surface area contributed by atoms with Crippen molar-refractivity contribution in [2.45, 2.75) is 24.8 Å². The molecule has 14 heteroatoms. The summed E-state index contributed by atoms with van der Waals surface area (Å²) in [6, 6.07) is -1.19. The Hall–Kier alpha value is -3.84. The SMILES string of the molecule is COc1c[nH]c2ncc(N3CCC(N(C)C(=O)Nc4cc(C(F)(F)F)cn(C)c4=O)C(F)C3)nc12. The van der Waals surface area contributed by atoms with E-state index in [4.69, 9.17) is 4.74 Å². The van der Waals surface area contributed by atoms with E-state index in [0.717, 1.165) is 16.5 Å². The fourth-order valence-corrected chi connectivity index (χ4v) is 4.01. The smallest absolute Gasteiger partial charge is 0.417 e. The number of H-pyrrole nitrogens is 1. The number of hydrogen-bond acceptors (Lipinski definition) is 6. The Kier molecular flexibility index (Phi) is 6.30. The number of methoxy groups -OCH3 is 1. The molecule has 3 aromatic rings. The average Bonchev–Trinajstić information content (AvgIpc) is 3.23. The number of alkyl halides is 4. The number of fused-ring (bicyclic) bond motifs is 1. The number of halogens is 4. The number of amides is 2. The summed E-state index contributed by atoms with van der Waals surface area (Å²) < 4.78 is 60.4. The van der Waals surface area contributed by atoms with Gasteiger partial charge in [-0.15, -0.1) is 0 Å². The first-order valence-corrected chi connectivity index (χ1v) is 10.6. The summed E-state index contributed by atoms with van der Waals surface area (Å²) in [6.07, 6.45) is -2.22. The van der Waals surface area contributed by atoms with Crippen molar-refractivity contribution in [2.24, 2.45) is 7.05 Å². The lowest BCUT2D eigenvalue weighted by Crippen LogP contribution is -2.54. The van der Waals surface area contributed by atoms with Gasteiger partial charge in [0.25, 0.3) is 5.56 Å². The van der Waals surface area contributed by atoms with Crippen LogP contribution < -0.4 is 20.5 Å². The quantitative estimate of drug-likeness (QED) is 0.537. The van der Waals surface area contributed by atoms with Gasteiger partial charge in [0.15, 0.2) is 16.9 Å². The van der Waals surface area contributed by atoms with Crippen molar-refractivity contribution in [2.75, 3.05) is 37.5 Å². The number of hydrogen-bond donors (Lipinski definition) is 2. The Bertz CT molecular complexity index is 1310. The highest BCUT2D eigenvalue weighted by Gasteiger charge is 2.36. The summed E-state index contributed by atoms with van der Waals surface area (Å²) in [4.78, 5) is 39.3. The highest BCUT2D eigenvalue weighted by atomic mass is 19.4. The Labute approximate surface area is 196 Å². The fourth-order valence-electron chi connectivity index (χ4n) is 4.01. The van der Waals surface area contributed by atoms with Crippen LogP contribution in [0.2, 0.25) is 0 Å². The first-order valence-electron chi connectivity index (χ1n) is 10.6. The molecule has 0 aliphatic carbocycles. The zero-order valence-electron chi connectivity index (χ0n) is 19.1. The number of aromatic amines is 1. The van der Waals surface area contributed by atoms with Crippen LogP contribution in [0.5, 0.6) is 5.75 Å². The van der Waals surface area contributed by atoms with E-state index in [-0.39, 0.29) is 13.0 Å². The third kappa shape index (κ3) is 4.72. The van der Waals surface area contributed by atoms with Crippen LogP contribution in [-0.4, -0.2) is 69.9 Å². The second-order valence-electron chi connectivity index (χ2n) is 8.20. The molecule has 10 nitrogen and oxygen atoms in total. The summed E-state index contributed by atoms with van der Waals surface area (Å²) >= 11 is 0. The Morgan fingerprint density at radius 3 is 2.77 bits per heavy atom. The molecule has 0 aromatic carbocycles. The minimum atomic E-state index is -4.70. The molecule has 1 saturated heterocycles. The number of ether oxygens (including phenoxy) is 1. The number of pyridine rings is 1. The van der Waals surface area contributed by atoms with Gasteiger partial charge in [-0.05, 0) is 12.5 Å². The van der Waals surface area contributed by atoms with Gasteiger partial charge in [0.05, 0.1) is 31.5 Å². The molecule has 4 heterocycles. The third-order valence-corrected chi connectivity index (χ3v) is 5.95. The number of nitrogens with zero attached hydrogens (tertiary/aromatic N) is 5. The second kappa shape index (κ2) is 9.07. The average molecular weight is 497 g/mol. The number of aryl methyl sites for hydroxylation is 1. The van der Waals surface area contributed by atoms with Gasteiger partial charge in [-0.3, -0.25) is 4.79 Å². The lowest BCUT2D eigenvalue weighted by Gasteiger charge is -2.39. The van der Waals surface area contributed by atoms with Crippen LogP contribution in [0.15, 0.2) is 29.5 Å². The van der Waals surface area contributed by atoms with Crippen LogP contribution in [0.3, 0.4) is 0 Å². The first kappa shape index (κ1) is 24.3. The van der Waals surface area contributed by atoms with Gasteiger partial charge in [-0.2, -0.15) is 13.2 Å². The maximum Gasteiger partial charge on any atom is 0.417 e. The topological polar surface area (TPSA) is 108 Å². The van der Waals surface area contributed by atoms with Crippen molar-refractivity contribution >= 4 is 28.7 Å². The molecule has 2 amide bonds. The van der Waals surface area contributed by atoms with E-state index in [9.17, 15) is 22.8 Å². The predicted molar refractivity (Wildman–Crippen MR) is 119 cm³/mol. The van der Waals surface area contributed by atoms with Crippen LogP contribution in [0.1, 0.15) is 12.0 Å². The lowest BCUT2D eigenvalue weighted by atomic mass is 10.0. The van der Waals surface area contributed by atoms with Crippen molar-refractivity contribution in [3.63, 3.8) is 0 Å². The maximum absolute atomic E-state index is 15.1. The standard InChI is InChI=1S/C21H23F4N7O3/c1-30-9-11(21(23,24)25)6-13(19(30)33)28-20(34)31(2)14-4-5-32(10-12(14)22)16-8-27-18-17(29-16)15(35-3)7-26-18/h6-9,12,14H,4-5,10H2,1-3H3,(H,26,27)(H,28,34). The van der Waals surface area contributed by atoms with Crippen LogP contribution in [0.25, 0.3) is 11.2 Å². The molecule has 0 spiro atoms. The van der Waals surface area contributed by atoms with E-state index in [1.165, 1.54) is 20.4 Å². The van der Waals surface area contributed by atoms with E-state index in [2.05, 4.69) is 20.3 Å². The van der Waals surface area contributed by atoms with Gasteiger partial charge in [0.2, 0.25) is 0 Å². The van der Waals surface area contributed by atoms with E-state index in [1.54, 1.807) is 11.1 Å². The number of carbonyl (C=O) groups excluding carboxylic acids is 1. The van der Waals surface area contributed by atoms with Crippen LogP contribution in [0.4, 0.5) is 33.9 Å². The molecule has 1 aliphatic rings. The van der Waals surface area contributed by atoms with Crippen molar-refractivity contribution in [3.05, 3.63) is 40.6 Å². The van der Waals surface area contributed by atoms with Crippen LogP contribution in [0, 0.1) is 0 Å². The number of rotatable bonds is 4. The number of aromatic nitrogens is 4. The summed E-state index contributed by atoms with van der Waals surface area (Å²) in [7, 11) is 3.97. The van der Waals surface area contributed by atoms with Crippen LogP contribution in [-0.2, 0) is 13.2 Å². The summed E-state index contributed by atoms with van der Waals surface area (Å²) in [5.74, 6) is 0.939. The van der Waals surface area contributed by atoms with Crippen molar-refractivity contribution in [3.8, 4) is 5.75 Å². The number of nitrogens with one attached hydrogen (secondary N) is 2. The van der Waals surface area contributed by atoms with Gasteiger partial charge in [0, 0.05) is 33.0 Å². The number of piperidine rings is 1. The number of carbonyl (C=O) groups is 1. The largest absolute Gasteiger partial charge is 0.493 e. The van der Waals surface area contributed by atoms with Gasteiger partial charge < -0.3 is 29.4 Å². The number of urea groups is 1. The van der Waals surface area contributed by atoms with Crippen LogP contribution >= 0.6 is 0 Å². The monoisotopic (exact) mass is 497 g/mol. The summed E-state index contributed by atoms with van der Waals surface area (Å²) in [6.45, 7) is 0.265. The van der Waals surface area contributed by atoms with Gasteiger partial charge in [-0.25, -0.2) is 19.2 Å². The minimum Gasteiger partial charge on any atom is -0.493 e. The van der Waals surface area contributed by atoms with E-state index in [0.29, 0.717) is 41.5 Å². The highest BCUT2D eigenvalue weighted by molar-refractivity contribution is 5.89. The van der Waals surface area contributed by atoms with E-state index >= 15 is 4.39 Å². The van der Waals surface area contributed by atoms with Gasteiger partial charge in [-0.1, -0.05) is 0 Å². The molecule has 4 rings (SSSR count). The molecule has 1 fully saturated rings. The van der Waals surface area contributed by atoms with Crippen molar-refractivity contribution < 1.29 is 27.1 Å². The molecule has 188 valence electrons. The molecule has 3 aromatic heterocycles. The molecule has 0 bridgehead atoms. The molecular weight excluding hydrogens is 474 g/mol. The molecule has 35 heavy (non-hydrogen) atoms.